The van der Waals surface area contributed by atoms with Crippen LogP contribution in [0.5, 0.6) is 5.88 Å². The van der Waals surface area contributed by atoms with E-state index in [2.05, 4.69) is 9.88 Å². The zero-order valence-electron chi connectivity index (χ0n) is 22.3. The van der Waals surface area contributed by atoms with E-state index in [0.717, 1.165) is 41.0 Å². The molecule has 0 spiro atoms. The summed E-state index contributed by atoms with van der Waals surface area (Å²) >= 11 is 0. The molecule has 0 aliphatic carbocycles. The molecule has 0 saturated carbocycles. The van der Waals surface area contributed by atoms with Crippen molar-refractivity contribution < 1.29 is 19.4 Å². The van der Waals surface area contributed by atoms with Gasteiger partial charge in [0.05, 0.1) is 43.9 Å². The van der Waals surface area contributed by atoms with E-state index in [9.17, 15) is 9.90 Å². The Hall–Kier alpha value is -3.65. The lowest BCUT2D eigenvalue weighted by Crippen LogP contribution is -2.45. The summed E-state index contributed by atoms with van der Waals surface area (Å²) in [5.41, 5.74) is 4.80. The molecule has 1 saturated heterocycles. The molecule has 4 rings (SSSR count). The van der Waals surface area contributed by atoms with E-state index in [-0.39, 0.29) is 18.8 Å². The fourth-order valence-electron chi connectivity index (χ4n) is 4.55. The molecule has 1 N–H and O–H groups in total. The lowest BCUT2D eigenvalue weighted by molar-refractivity contribution is 0.0794. The Labute approximate surface area is 218 Å². The number of aryl methyl sites for hydroxylation is 1. The van der Waals surface area contributed by atoms with Crippen LogP contribution in [0.25, 0.3) is 11.3 Å². The molecule has 8 heteroatoms. The monoisotopic (exact) mass is 504 g/mol. The summed E-state index contributed by atoms with van der Waals surface area (Å²) < 4.78 is 11.1. The number of anilines is 1. The van der Waals surface area contributed by atoms with Crippen LogP contribution >= 0.6 is 0 Å². The minimum absolute atomic E-state index is 0.0175. The Balaban J connectivity index is 1.55. The van der Waals surface area contributed by atoms with E-state index in [1.807, 2.05) is 76.2 Å². The van der Waals surface area contributed by atoms with Crippen LogP contribution in [0.15, 0.2) is 54.7 Å². The summed E-state index contributed by atoms with van der Waals surface area (Å²) in [5.74, 6) is 0.626. The van der Waals surface area contributed by atoms with E-state index in [1.54, 1.807) is 11.1 Å². The zero-order chi connectivity index (χ0) is 26.6. The number of carbonyl (C=O) groups is 1. The second-order valence-corrected chi connectivity index (χ2v) is 10.4. The van der Waals surface area contributed by atoms with Crippen molar-refractivity contribution in [3.63, 3.8) is 0 Å². The predicted molar refractivity (Wildman–Crippen MR) is 144 cm³/mol. The summed E-state index contributed by atoms with van der Waals surface area (Å²) in [5, 5.41) is 10.2. The highest BCUT2D eigenvalue weighted by molar-refractivity contribution is 5.71. The Morgan fingerprint density at radius 3 is 2.62 bits per heavy atom. The lowest BCUT2D eigenvalue weighted by atomic mass is 10.00. The van der Waals surface area contributed by atoms with Crippen molar-refractivity contribution in [2.45, 2.75) is 58.9 Å². The van der Waals surface area contributed by atoms with Gasteiger partial charge in [0.25, 0.3) is 0 Å². The summed E-state index contributed by atoms with van der Waals surface area (Å²) in [7, 11) is 1.39. The first kappa shape index (κ1) is 26.4. The highest BCUT2D eigenvalue weighted by atomic mass is 16.5. The number of nitrogens with zero attached hydrogens (tertiary/aromatic N) is 4. The lowest BCUT2D eigenvalue weighted by Gasteiger charge is -2.34. The van der Waals surface area contributed by atoms with Gasteiger partial charge < -0.3 is 19.5 Å². The second-order valence-electron chi connectivity index (χ2n) is 10.4. The number of amides is 1. The largest absolute Gasteiger partial charge is 0.472 e. The Kier molecular flexibility index (Phi) is 7.97. The summed E-state index contributed by atoms with van der Waals surface area (Å²) in [6.07, 6.45) is 2.30. The van der Waals surface area contributed by atoms with Crippen molar-refractivity contribution >= 4 is 11.8 Å². The van der Waals surface area contributed by atoms with Crippen LogP contribution in [-0.2, 0) is 17.9 Å². The van der Waals surface area contributed by atoms with E-state index in [0.29, 0.717) is 24.7 Å². The van der Waals surface area contributed by atoms with Crippen LogP contribution in [0.2, 0.25) is 0 Å². The van der Waals surface area contributed by atoms with E-state index in [1.165, 1.54) is 7.11 Å². The molecule has 37 heavy (non-hydrogen) atoms. The van der Waals surface area contributed by atoms with Crippen LogP contribution in [0.4, 0.5) is 10.5 Å². The number of ether oxygens (including phenoxy) is 2. The number of hydrogen-bond donors (Lipinski definition) is 1. The van der Waals surface area contributed by atoms with Gasteiger partial charge >= 0.3 is 6.09 Å². The van der Waals surface area contributed by atoms with Crippen molar-refractivity contribution in [3.8, 4) is 17.1 Å². The average molecular weight is 505 g/mol. The van der Waals surface area contributed by atoms with Gasteiger partial charge in [-0.05, 0) is 51.0 Å². The van der Waals surface area contributed by atoms with Crippen LogP contribution < -0.4 is 9.64 Å². The molecular weight excluding hydrogens is 468 g/mol. The Morgan fingerprint density at radius 1 is 1.16 bits per heavy atom. The molecule has 0 radical (unpaired) electrons. The average Bonchev–Trinajstić information content (AvgIpc) is 3.35. The smallest absolute Gasteiger partial charge is 0.410 e. The van der Waals surface area contributed by atoms with Crippen molar-refractivity contribution in [3.05, 3.63) is 71.5 Å². The molecule has 1 amide bonds. The van der Waals surface area contributed by atoms with Gasteiger partial charge in [-0.25, -0.2) is 14.8 Å². The van der Waals surface area contributed by atoms with Gasteiger partial charge in [-0.3, -0.25) is 4.90 Å². The fourth-order valence-corrected chi connectivity index (χ4v) is 4.55. The van der Waals surface area contributed by atoms with Crippen LogP contribution in [0.3, 0.4) is 0 Å². The number of aromatic nitrogens is 2. The third-order valence-corrected chi connectivity index (χ3v) is 6.58. The minimum atomic E-state index is -0.420. The van der Waals surface area contributed by atoms with Gasteiger partial charge in [0.2, 0.25) is 5.88 Å². The van der Waals surface area contributed by atoms with Crippen molar-refractivity contribution in [2.75, 3.05) is 25.1 Å². The maximum absolute atomic E-state index is 12.5. The summed E-state index contributed by atoms with van der Waals surface area (Å²) in [6, 6.07) is 15.8. The number of rotatable bonds is 7. The van der Waals surface area contributed by atoms with Gasteiger partial charge in [0, 0.05) is 36.3 Å². The van der Waals surface area contributed by atoms with Crippen LogP contribution in [-0.4, -0.2) is 57.9 Å². The quantitative estimate of drug-likeness (QED) is 0.486. The molecule has 196 valence electrons. The molecule has 1 aliphatic heterocycles. The number of aliphatic hydroxyl groups excluding tert-OH is 1. The van der Waals surface area contributed by atoms with Crippen molar-refractivity contribution in [1.29, 1.82) is 0 Å². The standard InChI is InChI=1S/C29H36N4O4/c1-20-10-13-27(30-16-20)37-22-14-15-32(18-22)26-12-11-24(31-25(26)19-34)23-9-7-6-8-21(23)17-33(28(35)36-5)29(2,3)4/h6-13,16,22,34H,14-15,17-19H2,1-5H3/t22-/m0/s1. The molecule has 1 atom stereocenters. The van der Waals surface area contributed by atoms with Crippen molar-refractivity contribution in [1.82, 2.24) is 14.9 Å². The van der Waals surface area contributed by atoms with Gasteiger partial charge in [0.1, 0.15) is 6.10 Å². The Bertz CT molecular complexity index is 1220. The second kappa shape index (κ2) is 11.2. The summed E-state index contributed by atoms with van der Waals surface area (Å²) in [4.78, 5) is 25.6. The van der Waals surface area contributed by atoms with Crippen molar-refractivity contribution in [2.24, 2.45) is 0 Å². The first-order valence-electron chi connectivity index (χ1n) is 12.6. The van der Waals surface area contributed by atoms with E-state index < -0.39 is 5.54 Å². The van der Waals surface area contributed by atoms with Crippen LogP contribution in [0.1, 0.15) is 44.0 Å². The van der Waals surface area contributed by atoms with Gasteiger partial charge in [0.15, 0.2) is 0 Å². The molecule has 3 aromatic rings. The number of aliphatic hydroxyl groups is 1. The number of pyridine rings is 2. The highest BCUT2D eigenvalue weighted by Crippen LogP contribution is 2.31. The predicted octanol–water partition coefficient (Wildman–Crippen LogP) is 4.97. The van der Waals surface area contributed by atoms with Gasteiger partial charge in [-0.1, -0.05) is 30.3 Å². The molecule has 1 aliphatic rings. The SMILES string of the molecule is COC(=O)N(Cc1ccccc1-c1ccc(N2CC[C@H](Oc3ccc(C)cn3)C2)c(CO)n1)C(C)(C)C. The minimum Gasteiger partial charge on any atom is -0.472 e. The van der Waals surface area contributed by atoms with E-state index >= 15 is 0 Å². The first-order chi connectivity index (χ1) is 17.7. The molecule has 0 bridgehead atoms. The number of benzene rings is 1. The topological polar surface area (TPSA) is 88.0 Å². The zero-order valence-corrected chi connectivity index (χ0v) is 22.3. The summed E-state index contributed by atoms with van der Waals surface area (Å²) in [6.45, 7) is 9.63. The van der Waals surface area contributed by atoms with Crippen LogP contribution in [0, 0.1) is 6.92 Å². The molecular formula is C29H36N4O4. The Morgan fingerprint density at radius 2 is 1.95 bits per heavy atom. The molecule has 1 fully saturated rings. The molecule has 3 heterocycles. The highest BCUT2D eigenvalue weighted by Gasteiger charge is 2.29. The molecule has 8 nitrogen and oxygen atoms in total. The van der Waals surface area contributed by atoms with E-state index in [4.69, 9.17) is 14.5 Å². The third kappa shape index (κ3) is 6.20. The molecule has 1 aromatic carbocycles. The third-order valence-electron chi connectivity index (χ3n) is 6.58. The van der Waals surface area contributed by atoms with Gasteiger partial charge in [-0.2, -0.15) is 0 Å². The molecule has 0 unspecified atom stereocenters. The normalized spacial score (nSPS) is 15.5. The maximum atomic E-state index is 12.5. The van der Waals surface area contributed by atoms with Gasteiger partial charge in [-0.15, -0.1) is 0 Å². The number of carbonyl (C=O) groups excluding carboxylic acids is 1. The number of methoxy groups -OCH3 is 1. The molecule has 2 aromatic heterocycles. The fraction of sp³-hybridized carbons (Fsp3) is 0.414. The maximum Gasteiger partial charge on any atom is 0.410 e. The number of hydrogen-bond acceptors (Lipinski definition) is 7. The first-order valence-corrected chi connectivity index (χ1v) is 12.6.